The molecule has 96 valence electrons. The third-order valence-electron chi connectivity index (χ3n) is 2.72. The van der Waals surface area contributed by atoms with Crippen molar-refractivity contribution in [3.8, 4) is 5.75 Å². The van der Waals surface area contributed by atoms with Crippen LogP contribution in [0.15, 0.2) is 18.2 Å². The van der Waals surface area contributed by atoms with E-state index < -0.39 is 0 Å². The van der Waals surface area contributed by atoms with Crippen LogP contribution in [-0.4, -0.2) is 18.3 Å². The summed E-state index contributed by atoms with van der Waals surface area (Å²) >= 11 is 6.04. The molecule has 0 aliphatic heterocycles. The number of hydrogen-bond acceptors (Lipinski definition) is 2. The van der Waals surface area contributed by atoms with Crippen molar-refractivity contribution in [2.45, 2.75) is 39.0 Å². The molecule has 0 aliphatic carbocycles. The van der Waals surface area contributed by atoms with E-state index in [0.717, 1.165) is 55.0 Å². The number of aliphatic hydroxyl groups excluding tert-OH is 1. The second kappa shape index (κ2) is 8.37. The molecule has 1 N–H and O–H groups in total. The van der Waals surface area contributed by atoms with Gasteiger partial charge in [0.05, 0.1) is 6.61 Å². The fraction of sp³-hybridized carbons (Fsp3) is 0.571. The fourth-order valence-corrected chi connectivity index (χ4v) is 1.92. The number of unbranched alkanes of at least 4 members (excludes halogenated alkanes) is 3. The molecule has 0 atom stereocenters. The summed E-state index contributed by atoms with van der Waals surface area (Å²) in [6.07, 6.45) is 5.02. The summed E-state index contributed by atoms with van der Waals surface area (Å²) in [5.74, 6) is 0.897. The van der Waals surface area contributed by atoms with Gasteiger partial charge in [-0.05, 0) is 49.4 Å². The summed E-state index contributed by atoms with van der Waals surface area (Å²) in [7, 11) is 0. The molecule has 0 radical (unpaired) electrons. The molecule has 0 bridgehead atoms. The Labute approximate surface area is 109 Å². The standard InChI is InChI=1S/C14H21ClO2/c1-2-12-11-13(7-8-14(12)15)17-10-6-4-3-5-9-16/h7-8,11,16H,2-6,9-10H2,1H3. The van der Waals surface area contributed by atoms with Crippen molar-refractivity contribution in [1.29, 1.82) is 0 Å². The average molecular weight is 257 g/mol. The molecule has 17 heavy (non-hydrogen) atoms. The lowest BCUT2D eigenvalue weighted by Crippen LogP contribution is -1.98. The quantitative estimate of drug-likeness (QED) is 0.717. The van der Waals surface area contributed by atoms with Crippen LogP contribution in [0.25, 0.3) is 0 Å². The number of benzene rings is 1. The predicted octanol–water partition coefficient (Wildman–Crippen LogP) is 3.83. The molecule has 1 aromatic carbocycles. The van der Waals surface area contributed by atoms with Gasteiger partial charge in [-0.2, -0.15) is 0 Å². The van der Waals surface area contributed by atoms with Crippen molar-refractivity contribution in [2.75, 3.05) is 13.2 Å². The van der Waals surface area contributed by atoms with Gasteiger partial charge in [0.1, 0.15) is 5.75 Å². The van der Waals surface area contributed by atoms with E-state index in [9.17, 15) is 0 Å². The molecule has 0 fully saturated rings. The zero-order valence-corrected chi connectivity index (χ0v) is 11.2. The smallest absolute Gasteiger partial charge is 0.119 e. The van der Waals surface area contributed by atoms with Crippen LogP contribution < -0.4 is 4.74 Å². The number of aliphatic hydroxyl groups is 1. The highest BCUT2D eigenvalue weighted by molar-refractivity contribution is 6.31. The topological polar surface area (TPSA) is 29.5 Å². The second-order valence-electron chi connectivity index (χ2n) is 4.09. The van der Waals surface area contributed by atoms with E-state index in [4.69, 9.17) is 21.4 Å². The third-order valence-corrected chi connectivity index (χ3v) is 3.09. The number of ether oxygens (including phenoxy) is 1. The maximum absolute atomic E-state index is 8.64. The van der Waals surface area contributed by atoms with Crippen LogP contribution in [0.1, 0.15) is 38.2 Å². The van der Waals surface area contributed by atoms with Gasteiger partial charge in [0.15, 0.2) is 0 Å². The molecule has 0 saturated carbocycles. The van der Waals surface area contributed by atoms with E-state index in [1.807, 2.05) is 18.2 Å². The van der Waals surface area contributed by atoms with E-state index in [1.54, 1.807) is 0 Å². The van der Waals surface area contributed by atoms with Crippen molar-refractivity contribution < 1.29 is 9.84 Å². The molecule has 0 unspecified atom stereocenters. The Morgan fingerprint density at radius 2 is 1.94 bits per heavy atom. The minimum atomic E-state index is 0.290. The normalized spacial score (nSPS) is 10.5. The molecule has 0 saturated heterocycles. The summed E-state index contributed by atoms with van der Waals surface area (Å²) in [5.41, 5.74) is 1.13. The Hall–Kier alpha value is -0.730. The van der Waals surface area contributed by atoms with E-state index in [2.05, 4.69) is 6.92 Å². The van der Waals surface area contributed by atoms with E-state index in [1.165, 1.54) is 0 Å². The highest BCUT2D eigenvalue weighted by Crippen LogP contribution is 2.22. The Morgan fingerprint density at radius 1 is 1.18 bits per heavy atom. The number of hydrogen-bond donors (Lipinski definition) is 1. The molecule has 1 aromatic rings. The zero-order chi connectivity index (χ0) is 12.5. The van der Waals surface area contributed by atoms with Gasteiger partial charge in [-0.3, -0.25) is 0 Å². The maximum Gasteiger partial charge on any atom is 0.119 e. The van der Waals surface area contributed by atoms with Crippen molar-refractivity contribution in [2.24, 2.45) is 0 Å². The molecule has 0 aliphatic rings. The molecule has 0 spiro atoms. The van der Waals surface area contributed by atoms with E-state index in [-0.39, 0.29) is 6.61 Å². The first-order chi connectivity index (χ1) is 8.27. The van der Waals surface area contributed by atoms with E-state index in [0.29, 0.717) is 0 Å². The maximum atomic E-state index is 8.64. The van der Waals surface area contributed by atoms with Gasteiger partial charge in [-0.1, -0.05) is 24.9 Å². The molecule has 1 rings (SSSR count). The Kier molecular flexibility index (Phi) is 7.06. The summed E-state index contributed by atoms with van der Waals surface area (Å²) in [6, 6.07) is 5.81. The van der Waals surface area contributed by atoms with Crippen LogP contribution in [0.2, 0.25) is 5.02 Å². The largest absolute Gasteiger partial charge is 0.494 e. The van der Waals surface area contributed by atoms with Gasteiger partial charge >= 0.3 is 0 Å². The Bertz CT molecular complexity index is 326. The highest BCUT2D eigenvalue weighted by Gasteiger charge is 2.00. The lowest BCUT2D eigenvalue weighted by atomic mass is 10.1. The lowest BCUT2D eigenvalue weighted by molar-refractivity contribution is 0.273. The molecule has 0 heterocycles. The third kappa shape index (κ3) is 5.42. The van der Waals surface area contributed by atoms with Crippen LogP contribution in [0.3, 0.4) is 0 Å². The zero-order valence-electron chi connectivity index (χ0n) is 10.4. The summed E-state index contributed by atoms with van der Waals surface area (Å²) in [4.78, 5) is 0. The second-order valence-corrected chi connectivity index (χ2v) is 4.50. The lowest BCUT2D eigenvalue weighted by Gasteiger charge is -2.08. The van der Waals surface area contributed by atoms with Crippen LogP contribution in [0.5, 0.6) is 5.75 Å². The Morgan fingerprint density at radius 3 is 2.65 bits per heavy atom. The monoisotopic (exact) mass is 256 g/mol. The predicted molar refractivity (Wildman–Crippen MR) is 71.9 cm³/mol. The number of halogens is 1. The summed E-state index contributed by atoms with van der Waals surface area (Å²) in [5, 5.41) is 9.45. The van der Waals surface area contributed by atoms with Crippen LogP contribution in [0, 0.1) is 0 Å². The highest BCUT2D eigenvalue weighted by atomic mass is 35.5. The molecule has 0 amide bonds. The molecule has 3 heteroatoms. The summed E-state index contributed by atoms with van der Waals surface area (Å²) < 4.78 is 5.66. The van der Waals surface area contributed by atoms with Crippen molar-refractivity contribution in [3.63, 3.8) is 0 Å². The first kappa shape index (κ1) is 14.3. The van der Waals surface area contributed by atoms with Crippen molar-refractivity contribution in [1.82, 2.24) is 0 Å². The van der Waals surface area contributed by atoms with Gasteiger partial charge < -0.3 is 9.84 Å². The van der Waals surface area contributed by atoms with Gasteiger partial charge in [-0.15, -0.1) is 0 Å². The molecular weight excluding hydrogens is 236 g/mol. The first-order valence-electron chi connectivity index (χ1n) is 6.30. The van der Waals surface area contributed by atoms with Gasteiger partial charge in [-0.25, -0.2) is 0 Å². The van der Waals surface area contributed by atoms with Crippen molar-refractivity contribution in [3.05, 3.63) is 28.8 Å². The SMILES string of the molecule is CCc1cc(OCCCCCCO)ccc1Cl. The number of aryl methyl sites for hydroxylation is 1. The van der Waals surface area contributed by atoms with Crippen molar-refractivity contribution >= 4 is 11.6 Å². The van der Waals surface area contributed by atoms with Gasteiger partial charge in [0, 0.05) is 11.6 Å². The summed E-state index contributed by atoms with van der Waals surface area (Å²) in [6.45, 7) is 3.11. The number of rotatable bonds is 8. The average Bonchev–Trinajstić information content (AvgIpc) is 2.35. The minimum Gasteiger partial charge on any atom is -0.494 e. The van der Waals surface area contributed by atoms with Crippen LogP contribution in [0.4, 0.5) is 0 Å². The van der Waals surface area contributed by atoms with E-state index >= 15 is 0 Å². The van der Waals surface area contributed by atoms with Crippen LogP contribution >= 0.6 is 11.6 Å². The van der Waals surface area contributed by atoms with Gasteiger partial charge in [0.2, 0.25) is 0 Å². The molecule has 0 aromatic heterocycles. The Balaban J connectivity index is 2.27. The fourth-order valence-electron chi connectivity index (χ4n) is 1.67. The van der Waals surface area contributed by atoms with Crippen LogP contribution in [-0.2, 0) is 6.42 Å². The first-order valence-corrected chi connectivity index (χ1v) is 6.67. The molecular formula is C14H21ClO2. The molecule has 2 nitrogen and oxygen atoms in total. The van der Waals surface area contributed by atoms with Gasteiger partial charge in [0.25, 0.3) is 0 Å². The minimum absolute atomic E-state index is 0.290.